The molecule has 0 amide bonds. The fourth-order valence-electron chi connectivity index (χ4n) is 4.03. The summed E-state index contributed by atoms with van der Waals surface area (Å²) >= 11 is 0. The predicted octanol–water partition coefficient (Wildman–Crippen LogP) is 2.51. The standard InChI is InChI=1S/C15H22N2O3/c18-12-5-3-1-2-4-10(12)15-16-14(17-20-15)11-8-9-6-7-13(11)19-9/h9-13,18H,1-8H2. The Balaban J connectivity index is 1.52. The molecule has 3 fully saturated rings. The number of hydrogen-bond acceptors (Lipinski definition) is 5. The summed E-state index contributed by atoms with van der Waals surface area (Å²) in [5.41, 5.74) is 0. The monoisotopic (exact) mass is 278 g/mol. The smallest absolute Gasteiger partial charge is 0.232 e. The molecule has 110 valence electrons. The number of aliphatic hydroxyl groups is 1. The third kappa shape index (κ3) is 2.17. The number of hydrogen-bond donors (Lipinski definition) is 1. The molecule has 3 aliphatic rings. The fourth-order valence-corrected chi connectivity index (χ4v) is 4.03. The van der Waals surface area contributed by atoms with Crippen molar-refractivity contribution in [1.29, 1.82) is 0 Å². The van der Waals surface area contributed by atoms with Crippen molar-refractivity contribution < 1.29 is 14.4 Å². The van der Waals surface area contributed by atoms with Crippen molar-refractivity contribution >= 4 is 0 Å². The van der Waals surface area contributed by atoms with Crippen LogP contribution in [0, 0.1) is 0 Å². The lowest BCUT2D eigenvalue weighted by molar-refractivity contribution is 0.0996. The minimum atomic E-state index is -0.331. The highest BCUT2D eigenvalue weighted by Crippen LogP contribution is 2.44. The summed E-state index contributed by atoms with van der Waals surface area (Å²) in [6.07, 6.45) is 8.89. The molecule has 0 radical (unpaired) electrons. The molecule has 1 aromatic rings. The van der Waals surface area contributed by atoms with Gasteiger partial charge < -0.3 is 14.4 Å². The third-order valence-electron chi connectivity index (χ3n) is 5.19. The molecular formula is C15H22N2O3. The molecule has 1 aromatic heterocycles. The van der Waals surface area contributed by atoms with Crippen molar-refractivity contribution in [3.05, 3.63) is 11.7 Å². The molecule has 0 spiro atoms. The van der Waals surface area contributed by atoms with Gasteiger partial charge in [-0.3, -0.25) is 0 Å². The number of nitrogens with zero attached hydrogens (tertiary/aromatic N) is 2. The van der Waals surface area contributed by atoms with E-state index in [0.29, 0.717) is 17.9 Å². The molecule has 0 aromatic carbocycles. The number of aliphatic hydroxyl groups excluding tert-OH is 1. The molecule has 4 rings (SSSR count). The minimum absolute atomic E-state index is 0.0262. The van der Waals surface area contributed by atoms with Gasteiger partial charge in [-0.1, -0.05) is 24.4 Å². The van der Waals surface area contributed by atoms with Gasteiger partial charge in [0.15, 0.2) is 5.82 Å². The Hall–Kier alpha value is -0.940. The highest BCUT2D eigenvalue weighted by molar-refractivity contribution is 5.08. The largest absolute Gasteiger partial charge is 0.392 e. The Morgan fingerprint density at radius 1 is 1.00 bits per heavy atom. The van der Waals surface area contributed by atoms with Gasteiger partial charge in [-0.2, -0.15) is 4.98 Å². The SMILES string of the molecule is OC1CCCCCC1c1nc(C2CC3CCC2O3)no1. The summed E-state index contributed by atoms with van der Waals surface area (Å²) in [6.45, 7) is 0. The van der Waals surface area contributed by atoms with Crippen LogP contribution in [0.3, 0.4) is 0 Å². The Labute approximate surface area is 118 Å². The molecule has 5 nitrogen and oxygen atoms in total. The Morgan fingerprint density at radius 3 is 2.70 bits per heavy atom. The third-order valence-corrected chi connectivity index (χ3v) is 5.19. The van der Waals surface area contributed by atoms with Gasteiger partial charge in [-0.05, 0) is 32.1 Å². The van der Waals surface area contributed by atoms with Crippen molar-refractivity contribution in [3.8, 4) is 0 Å². The lowest BCUT2D eigenvalue weighted by Gasteiger charge is -2.16. The zero-order valence-corrected chi connectivity index (χ0v) is 11.7. The van der Waals surface area contributed by atoms with Crippen LogP contribution in [0.5, 0.6) is 0 Å². The van der Waals surface area contributed by atoms with Crippen LogP contribution in [0.15, 0.2) is 4.52 Å². The second-order valence-corrected chi connectivity index (χ2v) is 6.52. The molecule has 2 bridgehead atoms. The first-order chi connectivity index (χ1) is 9.81. The summed E-state index contributed by atoms with van der Waals surface area (Å²) in [7, 11) is 0. The highest BCUT2D eigenvalue weighted by Gasteiger charge is 2.44. The highest BCUT2D eigenvalue weighted by atomic mass is 16.5. The van der Waals surface area contributed by atoms with E-state index in [2.05, 4.69) is 10.1 Å². The second-order valence-electron chi connectivity index (χ2n) is 6.52. The van der Waals surface area contributed by atoms with E-state index in [0.717, 1.165) is 44.3 Å². The van der Waals surface area contributed by atoms with Crippen molar-refractivity contribution in [2.75, 3.05) is 0 Å². The average molecular weight is 278 g/mol. The van der Waals surface area contributed by atoms with Crippen molar-refractivity contribution in [2.45, 2.75) is 81.5 Å². The van der Waals surface area contributed by atoms with Gasteiger partial charge in [0, 0.05) is 0 Å². The van der Waals surface area contributed by atoms with Crippen molar-refractivity contribution in [1.82, 2.24) is 10.1 Å². The van der Waals surface area contributed by atoms with E-state index in [1.807, 2.05) is 0 Å². The van der Waals surface area contributed by atoms with E-state index in [1.165, 1.54) is 12.8 Å². The number of ether oxygens (including phenoxy) is 1. The van der Waals surface area contributed by atoms with E-state index in [4.69, 9.17) is 9.26 Å². The maximum absolute atomic E-state index is 10.2. The zero-order valence-electron chi connectivity index (χ0n) is 11.7. The second kappa shape index (κ2) is 5.11. The van der Waals surface area contributed by atoms with Crippen molar-refractivity contribution in [2.24, 2.45) is 0 Å². The molecule has 1 saturated carbocycles. The molecule has 5 unspecified atom stereocenters. The molecule has 5 atom stereocenters. The first kappa shape index (κ1) is 12.8. The van der Waals surface area contributed by atoms with Gasteiger partial charge in [0.2, 0.25) is 5.89 Å². The maximum atomic E-state index is 10.2. The zero-order chi connectivity index (χ0) is 13.5. The minimum Gasteiger partial charge on any atom is -0.392 e. The van der Waals surface area contributed by atoms with Crippen LogP contribution in [0.25, 0.3) is 0 Å². The van der Waals surface area contributed by atoms with E-state index >= 15 is 0 Å². The summed E-state index contributed by atoms with van der Waals surface area (Å²) in [4.78, 5) is 4.61. The number of aromatic nitrogens is 2. The van der Waals surface area contributed by atoms with Crippen LogP contribution >= 0.6 is 0 Å². The van der Waals surface area contributed by atoms with Gasteiger partial charge >= 0.3 is 0 Å². The molecule has 2 aliphatic heterocycles. The van der Waals surface area contributed by atoms with Crippen LogP contribution in [-0.4, -0.2) is 33.6 Å². The van der Waals surface area contributed by atoms with Gasteiger partial charge in [0.25, 0.3) is 0 Å². The summed E-state index contributed by atoms with van der Waals surface area (Å²) in [6, 6.07) is 0. The first-order valence-corrected chi connectivity index (χ1v) is 7.98. The van der Waals surface area contributed by atoms with Crippen molar-refractivity contribution in [3.63, 3.8) is 0 Å². The topological polar surface area (TPSA) is 68.4 Å². The van der Waals surface area contributed by atoms with E-state index in [1.54, 1.807) is 0 Å². The lowest BCUT2D eigenvalue weighted by Crippen LogP contribution is -2.18. The number of fused-ring (bicyclic) bond motifs is 2. The Morgan fingerprint density at radius 2 is 1.90 bits per heavy atom. The molecule has 2 saturated heterocycles. The first-order valence-electron chi connectivity index (χ1n) is 7.98. The average Bonchev–Trinajstić information content (AvgIpc) is 3.15. The quantitative estimate of drug-likeness (QED) is 0.842. The summed E-state index contributed by atoms with van der Waals surface area (Å²) in [5.74, 6) is 1.76. The van der Waals surface area contributed by atoms with Gasteiger partial charge in [-0.25, -0.2) is 0 Å². The van der Waals surface area contributed by atoms with Crippen LogP contribution in [0.4, 0.5) is 0 Å². The van der Waals surface area contributed by atoms with Crippen LogP contribution < -0.4 is 0 Å². The molecule has 1 N–H and O–H groups in total. The van der Waals surface area contributed by atoms with E-state index in [-0.39, 0.29) is 18.1 Å². The predicted molar refractivity (Wildman–Crippen MR) is 71.4 cm³/mol. The molecule has 5 heteroatoms. The molecule has 1 aliphatic carbocycles. The fraction of sp³-hybridized carbons (Fsp3) is 0.867. The molecule has 20 heavy (non-hydrogen) atoms. The van der Waals surface area contributed by atoms with E-state index < -0.39 is 0 Å². The summed E-state index contributed by atoms with van der Waals surface area (Å²) < 4.78 is 11.3. The van der Waals surface area contributed by atoms with Gasteiger partial charge in [-0.15, -0.1) is 0 Å². The maximum Gasteiger partial charge on any atom is 0.232 e. The van der Waals surface area contributed by atoms with Crippen LogP contribution in [0.1, 0.15) is 74.9 Å². The summed E-state index contributed by atoms with van der Waals surface area (Å²) in [5, 5.41) is 14.4. The van der Waals surface area contributed by atoms with Crippen LogP contribution in [-0.2, 0) is 4.74 Å². The Bertz CT molecular complexity index is 475. The number of rotatable bonds is 2. The molecule has 3 heterocycles. The van der Waals surface area contributed by atoms with E-state index in [9.17, 15) is 5.11 Å². The Kier molecular flexibility index (Phi) is 3.27. The van der Waals surface area contributed by atoms with Gasteiger partial charge in [0.1, 0.15) is 0 Å². The normalized spacial score (nSPS) is 41.0. The van der Waals surface area contributed by atoms with Crippen LogP contribution in [0.2, 0.25) is 0 Å². The lowest BCUT2D eigenvalue weighted by atomic mass is 9.89. The van der Waals surface area contributed by atoms with Gasteiger partial charge in [0.05, 0.1) is 30.1 Å². The molecular weight excluding hydrogens is 256 g/mol.